The topological polar surface area (TPSA) is 97.1 Å². The van der Waals surface area contributed by atoms with Gasteiger partial charge in [-0.3, -0.25) is 9.59 Å². The van der Waals surface area contributed by atoms with Gasteiger partial charge in [-0.2, -0.15) is 0 Å². The second-order valence-electron chi connectivity index (χ2n) is 2.89. The molecular weight excluding hydrogens is 268 g/mol. The molecule has 2 N–H and O–H groups in total. The molecule has 1 rings (SSSR count). The van der Waals surface area contributed by atoms with Crippen LogP contribution < -0.4 is 5.32 Å². The molecule has 0 aliphatic rings. The average Bonchev–Trinajstić information content (AvgIpc) is 2.45. The van der Waals surface area contributed by atoms with E-state index in [0.29, 0.717) is 0 Å². The molecule has 0 fully saturated rings. The minimum atomic E-state index is -1.10. The maximum absolute atomic E-state index is 11.6. The molecule has 0 aliphatic carbocycles. The van der Waals surface area contributed by atoms with Crippen molar-refractivity contribution >= 4 is 27.8 Å². The summed E-state index contributed by atoms with van der Waals surface area (Å²) in [6.45, 7) is 1.37. The van der Waals surface area contributed by atoms with E-state index in [9.17, 15) is 9.59 Å². The van der Waals surface area contributed by atoms with Crippen LogP contribution in [0.4, 0.5) is 0 Å². The number of carboxylic acids is 1. The van der Waals surface area contributed by atoms with Gasteiger partial charge in [-0.1, -0.05) is 5.21 Å². The first-order valence-electron chi connectivity index (χ1n) is 4.02. The zero-order valence-corrected chi connectivity index (χ0v) is 9.65. The number of rotatable bonds is 3. The molecule has 7 nitrogen and oxygen atoms in total. The Kier molecular flexibility index (Phi) is 3.40. The van der Waals surface area contributed by atoms with Gasteiger partial charge in [-0.05, 0) is 22.9 Å². The summed E-state index contributed by atoms with van der Waals surface area (Å²) in [5.41, 5.74) is 0.183. The molecular formula is C7H9BrN4O3. The second kappa shape index (κ2) is 4.39. The lowest BCUT2D eigenvalue weighted by atomic mass is 10.3. The average molecular weight is 277 g/mol. The van der Waals surface area contributed by atoms with Crippen molar-refractivity contribution in [2.24, 2.45) is 7.05 Å². The van der Waals surface area contributed by atoms with E-state index >= 15 is 0 Å². The number of nitrogens with one attached hydrogen (secondary N) is 1. The SMILES string of the molecule is C[C@@H](NC(=O)c1c(Br)nnn1C)C(=O)O. The molecule has 0 bridgehead atoms. The first-order valence-corrected chi connectivity index (χ1v) is 4.81. The fourth-order valence-corrected chi connectivity index (χ4v) is 1.41. The third-order valence-corrected chi connectivity index (χ3v) is 2.25. The van der Waals surface area contributed by atoms with Crippen LogP contribution >= 0.6 is 15.9 Å². The van der Waals surface area contributed by atoms with Crippen LogP contribution in [0.3, 0.4) is 0 Å². The zero-order chi connectivity index (χ0) is 11.6. The quantitative estimate of drug-likeness (QED) is 0.796. The normalized spacial score (nSPS) is 12.2. The molecule has 1 aromatic rings. The minimum Gasteiger partial charge on any atom is -0.480 e. The van der Waals surface area contributed by atoms with E-state index < -0.39 is 17.9 Å². The Bertz CT molecular complexity index is 383. The Morgan fingerprint density at radius 3 is 2.60 bits per heavy atom. The number of hydrogen-bond acceptors (Lipinski definition) is 4. The highest BCUT2D eigenvalue weighted by atomic mass is 79.9. The maximum atomic E-state index is 11.6. The number of carbonyl (C=O) groups excluding carboxylic acids is 1. The van der Waals surface area contributed by atoms with Gasteiger partial charge in [0, 0.05) is 7.05 Å². The Balaban J connectivity index is 2.82. The first kappa shape index (κ1) is 11.6. The van der Waals surface area contributed by atoms with Crippen molar-refractivity contribution in [3.05, 3.63) is 10.3 Å². The number of carbonyl (C=O) groups is 2. The summed E-state index contributed by atoms with van der Waals surface area (Å²) in [6.07, 6.45) is 0. The summed E-state index contributed by atoms with van der Waals surface area (Å²) in [5.74, 6) is -1.64. The van der Waals surface area contributed by atoms with Gasteiger partial charge in [-0.15, -0.1) is 5.10 Å². The number of carboxylic acid groups (broad SMARTS) is 1. The lowest BCUT2D eigenvalue weighted by Crippen LogP contribution is -2.39. The van der Waals surface area contributed by atoms with Gasteiger partial charge < -0.3 is 10.4 Å². The smallest absolute Gasteiger partial charge is 0.325 e. The summed E-state index contributed by atoms with van der Waals surface area (Å²) in [7, 11) is 1.54. The standard InChI is InChI=1S/C7H9BrN4O3/c1-3(7(14)15)9-6(13)4-5(8)10-11-12(4)2/h3H,1-2H3,(H,9,13)(H,14,15)/t3-/m1/s1. The summed E-state index contributed by atoms with van der Waals surface area (Å²) >= 11 is 3.04. The van der Waals surface area contributed by atoms with Crippen LogP contribution in [0.5, 0.6) is 0 Å². The molecule has 0 spiro atoms. The highest BCUT2D eigenvalue weighted by Gasteiger charge is 2.21. The van der Waals surface area contributed by atoms with Crippen LogP contribution in [-0.4, -0.2) is 38.0 Å². The summed E-state index contributed by atoms with van der Waals surface area (Å²) in [5, 5.41) is 18.1. The molecule has 0 saturated heterocycles. The Morgan fingerprint density at radius 1 is 1.60 bits per heavy atom. The predicted octanol–water partition coefficient (Wildman–Crippen LogP) is -0.219. The third-order valence-electron chi connectivity index (χ3n) is 1.72. The van der Waals surface area contributed by atoms with Crippen molar-refractivity contribution < 1.29 is 14.7 Å². The van der Waals surface area contributed by atoms with E-state index in [2.05, 4.69) is 31.6 Å². The molecule has 0 aromatic carbocycles. The van der Waals surface area contributed by atoms with Crippen molar-refractivity contribution in [1.82, 2.24) is 20.3 Å². The van der Waals surface area contributed by atoms with Crippen molar-refractivity contribution in [3.8, 4) is 0 Å². The van der Waals surface area contributed by atoms with Crippen LogP contribution in [0.15, 0.2) is 4.60 Å². The van der Waals surface area contributed by atoms with Gasteiger partial charge in [0.05, 0.1) is 0 Å². The number of nitrogens with zero attached hydrogens (tertiary/aromatic N) is 3. The van der Waals surface area contributed by atoms with E-state index in [1.807, 2.05) is 0 Å². The van der Waals surface area contributed by atoms with Crippen LogP contribution in [-0.2, 0) is 11.8 Å². The van der Waals surface area contributed by atoms with Gasteiger partial charge in [0.15, 0.2) is 10.3 Å². The highest BCUT2D eigenvalue weighted by Crippen LogP contribution is 2.11. The van der Waals surface area contributed by atoms with Gasteiger partial charge in [0.1, 0.15) is 6.04 Å². The van der Waals surface area contributed by atoms with Crippen molar-refractivity contribution in [2.45, 2.75) is 13.0 Å². The van der Waals surface area contributed by atoms with Crippen molar-refractivity contribution in [2.75, 3.05) is 0 Å². The molecule has 0 radical (unpaired) electrons. The molecule has 1 atom stereocenters. The lowest BCUT2D eigenvalue weighted by molar-refractivity contribution is -0.138. The molecule has 0 unspecified atom stereocenters. The Labute approximate surface area is 93.6 Å². The first-order chi connectivity index (χ1) is 6.93. The zero-order valence-electron chi connectivity index (χ0n) is 8.06. The molecule has 1 heterocycles. The number of amides is 1. The number of hydrogen-bond donors (Lipinski definition) is 2. The van der Waals surface area contributed by atoms with Gasteiger partial charge in [-0.25, -0.2) is 4.68 Å². The van der Waals surface area contributed by atoms with Crippen LogP contribution in [0.1, 0.15) is 17.4 Å². The van der Waals surface area contributed by atoms with Gasteiger partial charge in [0.25, 0.3) is 5.91 Å². The predicted molar refractivity (Wildman–Crippen MR) is 53.3 cm³/mol. The van der Waals surface area contributed by atoms with Crippen molar-refractivity contribution in [1.29, 1.82) is 0 Å². The highest BCUT2D eigenvalue weighted by molar-refractivity contribution is 9.10. The summed E-state index contributed by atoms with van der Waals surface area (Å²) in [6, 6.07) is -0.959. The third kappa shape index (κ3) is 2.52. The number of halogens is 1. The summed E-state index contributed by atoms with van der Waals surface area (Å²) in [4.78, 5) is 22.1. The van der Waals surface area contributed by atoms with Gasteiger partial charge in [0.2, 0.25) is 0 Å². The van der Waals surface area contributed by atoms with Gasteiger partial charge >= 0.3 is 5.97 Å². The van der Waals surface area contributed by atoms with Crippen molar-refractivity contribution in [3.63, 3.8) is 0 Å². The second-order valence-corrected chi connectivity index (χ2v) is 3.64. The van der Waals surface area contributed by atoms with E-state index in [1.165, 1.54) is 18.7 Å². The molecule has 1 amide bonds. The molecule has 1 aromatic heterocycles. The summed E-state index contributed by atoms with van der Waals surface area (Å²) < 4.78 is 1.54. The van der Waals surface area contributed by atoms with Crippen LogP contribution in [0.2, 0.25) is 0 Å². The van der Waals surface area contributed by atoms with E-state index in [0.717, 1.165) is 0 Å². The lowest BCUT2D eigenvalue weighted by Gasteiger charge is -2.08. The largest absolute Gasteiger partial charge is 0.480 e. The number of aryl methyl sites for hydroxylation is 1. The van der Waals surface area contributed by atoms with E-state index in [-0.39, 0.29) is 10.3 Å². The molecule has 15 heavy (non-hydrogen) atoms. The molecule has 8 heteroatoms. The monoisotopic (exact) mass is 276 g/mol. The Hall–Kier alpha value is -1.44. The molecule has 0 aliphatic heterocycles. The van der Waals surface area contributed by atoms with Crippen LogP contribution in [0, 0.1) is 0 Å². The van der Waals surface area contributed by atoms with Crippen LogP contribution in [0.25, 0.3) is 0 Å². The van der Waals surface area contributed by atoms with E-state index in [4.69, 9.17) is 5.11 Å². The molecule has 82 valence electrons. The fraction of sp³-hybridized carbons (Fsp3) is 0.429. The van der Waals surface area contributed by atoms with E-state index in [1.54, 1.807) is 0 Å². The number of aliphatic carboxylic acids is 1. The maximum Gasteiger partial charge on any atom is 0.325 e. The molecule has 0 saturated carbocycles. The fourth-order valence-electron chi connectivity index (χ4n) is 0.899. The number of aromatic nitrogens is 3. The Morgan fingerprint density at radius 2 is 2.20 bits per heavy atom. The minimum absolute atomic E-state index is 0.183.